The van der Waals surface area contributed by atoms with Crippen molar-refractivity contribution in [2.24, 2.45) is 0 Å². The van der Waals surface area contributed by atoms with Gasteiger partial charge in [-0.25, -0.2) is 9.59 Å². The molecule has 224 valence electrons. The molecule has 0 amide bonds. The summed E-state index contributed by atoms with van der Waals surface area (Å²) in [6.07, 6.45) is 18.0. The van der Waals surface area contributed by atoms with E-state index in [1.165, 1.54) is 64.2 Å². The summed E-state index contributed by atoms with van der Waals surface area (Å²) in [5, 5.41) is 1.37. The average molecular weight is 557 g/mol. The Morgan fingerprint density at radius 1 is 0.575 bits per heavy atom. The Morgan fingerprint density at radius 3 is 1.52 bits per heavy atom. The van der Waals surface area contributed by atoms with Gasteiger partial charge in [-0.1, -0.05) is 135 Å². The van der Waals surface area contributed by atoms with Gasteiger partial charge in [-0.15, -0.1) is 0 Å². The molecule has 6 nitrogen and oxygen atoms in total. The molecule has 0 radical (unpaired) electrons. The van der Waals surface area contributed by atoms with Gasteiger partial charge in [-0.2, -0.15) is 0 Å². The summed E-state index contributed by atoms with van der Waals surface area (Å²) in [5.74, 6) is 0.840. The Bertz CT molecular complexity index is 986. The zero-order valence-electron chi connectivity index (χ0n) is 25.3. The molecule has 0 unspecified atom stereocenters. The van der Waals surface area contributed by atoms with Crippen molar-refractivity contribution in [2.45, 2.75) is 130 Å². The minimum Gasteiger partial charge on any atom is -0.434 e. The van der Waals surface area contributed by atoms with E-state index in [0.29, 0.717) is 41.9 Å². The summed E-state index contributed by atoms with van der Waals surface area (Å²) < 4.78 is 22.0. The van der Waals surface area contributed by atoms with Crippen LogP contribution in [-0.2, 0) is 15.9 Å². The predicted octanol–water partition coefficient (Wildman–Crippen LogP) is 10.7. The van der Waals surface area contributed by atoms with E-state index in [4.69, 9.17) is 18.9 Å². The number of unbranched alkanes of at least 4 members (excludes halogenated alkanes) is 14. The SMILES string of the molecule is CCCCCCCCCCOC(=O)Oc1cc(CC)c(OC(=O)OCCCCCCCCCC)c2ccccc12. The van der Waals surface area contributed by atoms with Gasteiger partial charge in [0.1, 0.15) is 11.5 Å². The summed E-state index contributed by atoms with van der Waals surface area (Å²) in [4.78, 5) is 24.9. The van der Waals surface area contributed by atoms with Gasteiger partial charge in [0, 0.05) is 10.8 Å². The third kappa shape index (κ3) is 13.1. The lowest BCUT2D eigenvalue weighted by atomic mass is 10.0. The van der Waals surface area contributed by atoms with Crippen LogP contribution in [0.15, 0.2) is 30.3 Å². The highest BCUT2D eigenvalue weighted by atomic mass is 16.7. The van der Waals surface area contributed by atoms with Crippen LogP contribution in [-0.4, -0.2) is 25.5 Å². The first-order chi connectivity index (χ1) is 19.6. The molecule has 2 aromatic rings. The van der Waals surface area contributed by atoms with Gasteiger partial charge in [-0.3, -0.25) is 0 Å². The molecule has 0 aliphatic carbocycles. The van der Waals surface area contributed by atoms with E-state index < -0.39 is 12.3 Å². The highest BCUT2D eigenvalue weighted by molar-refractivity contribution is 5.96. The van der Waals surface area contributed by atoms with E-state index in [1.807, 2.05) is 31.2 Å². The van der Waals surface area contributed by atoms with Crippen LogP contribution in [0, 0.1) is 0 Å². The molecule has 2 rings (SSSR count). The minimum absolute atomic E-state index is 0.345. The van der Waals surface area contributed by atoms with Crippen LogP contribution in [0.2, 0.25) is 0 Å². The highest BCUT2D eigenvalue weighted by Gasteiger charge is 2.19. The molecule has 6 heteroatoms. The van der Waals surface area contributed by atoms with Gasteiger partial charge in [0.2, 0.25) is 0 Å². The summed E-state index contributed by atoms with van der Waals surface area (Å²) in [5.41, 5.74) is 0.758. The standard InChI is InChI=1S/C34H52O6/c1-4-7-9-11-13-15-17-21-25-37-33(35)39-31-27-28(6-3)32(30-24-20-19-23-29(30)31)40-34(36)38-26-22-18-16-14-12-10-8-5-2/h19-20,23-24,27H,4-18,21-22,25-26H2,1-3H3. The molecular formula is C34H52O6. The smallest absolute Gasteiger partial charge is 0.434 e. The van der Waals surface area contributed by atoms with Gasteiger partial charge >= 0.3 is 12.3 Å². The van der Waals surface area contributed by atoms with Gasteiger partial charge in [0.05, 0.1) is 13.2 Å². The second-order valence-corrected chi connectivity index (χ2v) is 10.6. The van der Waals surface area contributed by atoms with E-state index in [2.05, 4.69) is 13.8 Å². The van der Waals surface area contributed by atoms with Crippen LogP contribution >= 0.6 is 0 Å². The monoisotopic (exact) mass is 556 g/mol. The van der Waals surface area contributed by atoms with Crippen molar-refractivity contribution in [1.29, 1.82) is 0 Å². The van der Waals surface area contributed by atoms with Crippen molar-refractivity contribution >= 4 is 23.1 Å². The van der Waals surface area contributed by atoms with E-state index >= 15 is 0 Å². The van der Waals surface area contributed by atoms with Gasteiger partial charge in [-0.05, 0) is 30.9 Å². The van der Waals surface area contributed by atoms with E-state index in [9.17, 15) is 9.59 Å². The van der Waals surface area contributed by atoms with Crippen LogP contribution in [0.3, 0.4) is 0 Å². The van der Waals surface area contributed by atoms with Crippen molar-refractivity contribution in [3.63, 3.8) is 0 Å². The van der Waals surface area contributed by atoms with Crippen LogP contribution < -0.4 is 9.47 Å². The fraction of sp³-hybridized carbons (Fsp3) is 0.647. The number of ether oxygens (including phenoxy) is 4. The number of hydrogen-bond donors (Lipinski definition) is 0. The largest absolute Gasteiger partial charge is 0.513 e. The number of carbonyl (C=O) groups is 2. The van der Waals surface area contributed by atoms with Gasteiger partial charge < -0.3 is 18.9 Å². The zero-order chi connectivity index (χ0) is 28.8. The fourth-order valence-corrected chi connectivity index (χ4v) is 4.85. The first-order valence-electron chi connectivity index (χ1n) is 15.8. The van der Waals surface area contributed by atoms with E-state index in [0.717, 1.165) is 44.1 Å². The molecule has 2 aromatic carbocycles. The maximum absolute atomic E-state index is 12.5. The fourth-order valence-electron chi connectivity index (χ4n) is 4.85. The second kappa shape index (κ2) is 21.0. The molecule has 0 spiro atoms. The summed E-state index contributed by atoms with van der Waals surface area (Å²) >= 11 is 0. The summed E-state index contributed by atoms with van der Waals surface area (Å²) in [6, 6.07) is 9.17. The Kier molecular flexibility index (Phi) is 17.6. The highest BCUT2D eigenvalue weighted by Crippen LogP contribution is 2.37. The molecule has 0 atom stereocenters. The number of fused-ring (bicyclic) bond motifs is 1. The molecule has 0 fully saturated rings. The second-order valence-electron chi connectivity index (χ2n) is 10.6. The van der Waals surface area contributed by atoms with Gasteiger partial charge in [0.15, 0.2) is 0 Å². The first kappa shape index (κ1) is 33.4. The molecule has 0 aliphatic heterocycles. The van der Waals surface area contributed by atoms with Crippen molar-refractivity contribution < 1.29 is 28.5 Å². The number of aryl methyl sites for hydroxylation is 1. The average Bonchev–Trinajstić information content (AvgIpc) is 2.96. The number of benzene rings is 2. The number of carbonyl (C=O) groups excluding carboxylic acids is 2. The first-order valence-corrected chi connectivity index (χ1v) is 15.8. The number of hydrogen-bond acceptors (Lipinski definition) is 6. The van der Waals surface area contributed by atoms with Crippen LogP contribution in [0.25, 0.3) is 10.8 Å². The maximum Gasteiger partial charge on any atom is 0.513 e. The molecule has 0 heterocycles. The van der Waals surface area contributed by atoms with Crippen LogP contribution in [0.4, 0.5) is 9.59 Å². The van der Waals surface area contributed by atoms with E-state index in [-0.39, 0.29) is 0 Å². The maximum atomic E-state index is 12.5. The molecular weight excluding hydrogens is 504 g/mol. The predicted molar refractivity (Wildman–Crippen MR) is 162 cm³/mol. The van der Waals surface area contributed by atoms with Crippen molar-refractivity contribution in [1.82, 2.24) is 0 Å². The van der Waals surface area contributed by atoms with E-state index in [1.54, 1.807) is 6.07 Å². The van der Waals surface area contributed by atoms with Crippen LogP contribution in [0.1, 0.15) is 129 Å². The molecule has 0 bridgehead atoms. The Hall–Kier alpha value is -2.76. The number of rotatable bonds is 21. The molecule has 0 saturated carbocycles. The van der Waals surface area contributed by atoms with Crippen molar-refractivity contribution in [2.75, 3.05) is 13.2 Å². The Balaban J connectivity index is 1.84. The lowest BCUT2D eigenvalue weighted by Crippen LogP contribution is -2.14. The van der Waals surface area contributed by atoms with Crippen LogP contribution in [0.5, 0.6) is 11.5 Å². The molecule has 0 saturated heterocycles. The lowest BCUT2D eigenvalue weighted by molar-refractivity contribution is 0.0955. The summed E-state index contributed by atoms with van der Waals surface area (Å²) in [7, 11) is 0. The Labute approximate surface area is 242 Å². The normalized spacial score (nSPS) is 11.0. The summed E-state index contributed by atoms with van der Waals surface area (Å²) in [6.45, 7) is 7.10. The van der Waals surface area contributed by atoms with Crippen molar-refractivity contribution in [3.8, 4) is 11.5 Å². The quantitative estimate of drug-likeness (QED) is 0.0865. The van der Waals surface area contributed by atoms with Crippen molar-refractivity contribution in [3.05, 3.63) is 35.9 Å². The molecule has 0 aromatic heterocycles. The van der Waals surface area contributed by atoms with Gasteiger partial charge in [0.25, 0.3) is 0 Å². The third-order valence-electron chi connectivity index (χ3n) is 7.23. The minimum atomic E-state index is -0.714. The lowest BCUT2D eigenvalue weighted by Gasteiger charge is -2.15. The molecule has 0 N–H and O–H groups in total. The molecule has 40 heavy (non-hydrogen) atoms. The molecule has 0 aliphatic rings. The topological polar surface area (TPSA) is 71.1 Å². The third-order valence-corrected chi connectivity index (χ3v) is 7.23. The Morgan fingerprint density at radius 2 is 1.02 bits per heavy atom. The zero-order valence-corrected chi connectivity index (χ0v) is 25.3.